The van der Waals surface area contributed by atoms with E-state index in [0.29, 0.717) is 0 Å². The highest BCUT2D eigenvalue weighted by Crippen LogP contribution is 2.52. The molecule has 9 N–H and O–H groups in total. The van der Waals surface area contributed by atoms with Gasteiger partial charge in [-0.15, -0.1) is 0 Å². The number of carbonyl (C=O) groups is 4. The Kier molecular flexibility index (Phi) is 6.04. The number of nitrogens with one attached hydrogen (secondary N) is 1. The number of phenols is 1. The summed E-state index contributed by atoms with van der Waals surface area (Å²) in [5.74, 6) is -10.3. The van der Waals surface area contributed by atoms with Gasteiger partial charge in [-0.25, -0.2) is 4.39 Å². The van der Waals surface area contributed by atoms with Crippen molar-refractivity contribution in [2.24, 2.45) is 23.3 Å². The molecule has 0 unspecified atom stereocenters. The van der Waals surface area contributed by atoms with Crippen LogP contribution in [0.5, 0.6) is 5.75 Å². The fourth-order valence-electron chi connectivity index (χ4n) is 6.17. The molecule has 202 valence electrons. The van der Waals surface area contributed by atoms with Crippen molar-refractivity contribution in [1.82, 2.24) is 4.90 Å². The minimum Gasteiger partial charge on any atom is -0.510 e. The number of Topliss-reactive ketones (excluding diaryl/α,β-unsaturated/α-hetero) is 2. The molecule has 4 atom stereocenters. The van der Waals surface area contributed by atoms with Crippen molar-refractivity contribution < 1.29 is 44.0 Å². The van der Waals surface area contributed by atoms with Crippen LogP contribution in [-0.4, -0.2) is 80.0 Å². The molecule has 1 fully saturated rings. The topological polar surface area (TPSA) is 217 Å². The van der Waals surface area contributed by atoms with E-state index in [9.17, 15) is 39.6 Å². The predicted molar refractivity (Wildman–Crippen MR) is 128 cm³/mol. The number of nitrogens with zero attached hydrogens (tertiary/aromatic N) is 1. The number of carbonyl (C=O) groups excluding carboxylic acids is 4. The Morgan fingerprint density at radius 3 is 2.47 bits per heavy atom. The number of phenolic OH excluding ortho intramolecular Hbond substituents is 1. The molecule has 0 radical (unpaired) electrons. The molecule has 0 saturated carbocycles. The molecule has 1 aliphatic heterocycles. The van der Waals surface area contributed by atoms with Gasteiger partial charge in [-0.3, -0.25) is 24.1 Å². The van der Waals surface area contributed by atoms with Crippen molar-refractivity contribution >= 4 is 29.1 Å². The van der Waals surface area contributed by atoms with Gasteiger partial charge in [0, 0.05) is 23.1 Å². The summed E-state index contributed by atoms with van der Waals surface area (Å²) in [6.07, 6.45) is 1.43. The third-order valence-electron chi connectivity index (χ3n) is 8.04. The van der Waals surface area contributed by atoms with Crippen molar-refractivity contribution in [3.63, 3.8) is 0 Å². The van der Waals surface area contributed by atoms with E-state index in [2.05, 4.69) is 5.32 Å². The van der Waals surface area contributed by atoms with Crippen molar-refractivity contribution in [3.8, 4) is 5.75 Å². The fraction of sp³-hybridized carbons (Fsp3) is 0.440. The third-order valence-corrected chi connectivity index (χ3v) is 8.04. The minimum absolute atomic E-state index is 0.0133. The Labute approximate surface area is 215 Å². The zero-order chi connectivity index (χ0) is 27.7. The lowest BCUT2D eigenvalue weighted by atomic mass is 9.59. The molecule has 2 amide bonds. The second-order valence-corrected chi connectivity index (χ2v) is 10.2. The second kappa shape index (κ2) is 8.89. The maximum absolute atomic E-state index is 15.2. The van der Waals surface area contributed by atoms with E-state index < -0.39 is 86.7 Å². The molecule has 1 saturated heterocycles. The first-order chi connectivity index (χ1) is 17.9. The lowest BCUT2D eigenvalue weighted by molar-refractivity contribution is -0.145. The summed E-state index contributed by atoms with van der Waals surface area (Å²) in [7, 11) is 0. The molecular formula is C25H27FN4O8. The number of allylic oxidation sites excluding steroid dienone is 1. The van der Waals surface area contributed by atoms with E-state index in [-0.39, 0.29) is 30.6 Å². The number of amides is 2. The van der Waals surface area contributed by atoms with Crippen LogP contribution in [0.25, 0.3) is 0 Å². The fourth-order valence-corrected chi connectivity index (χ4v) is 6.17. The number of rotatable bonds is 4. The first-order valence-corrected chi connectivity index (χ1v) is 12.2. The number of aliphatic hydroxyl groups is 3. The van der Waals surface area contributed by atoms with E-state index in [4.69, 9.17) is 11.5 Å². The van der Waals surface area contributed by atoms with Gasteiger partial charge in [0.2, 0.25) is 11.7 Å². The summed E-state index contributed by atoms with van der Waals surface area (Å²) in [5.41, 5.74) is 5.82. The highest BCUT2D eigenvalue weighted by Gasteiger charge is 2.62. The van der Waals surface area contributed by atoms with Crippen LogP contribution in [0.2, 0.25) is 0 Å². The van der Waals surface area contributed by atoms with E-state index in [1.54, 1.807) is 0 Å². The van der Waals surface area contributed by atoms with Crippen LogP contribution >= 0.6 is 0 Å². The van der Waals surface area contributed by atoms with Gasteiger partial charge in [-0.1, -0.05) is 0 Å². The summed E-state index contributed by atoms with van der Waals surface area (Å²) in [4.78, 5) is 52.8. The Bertz CT molecular complexity index is 1370. The van der Waals surface area contributed by atoms with E-state index in [1.165, 1.54) is 0 Å². The van der Waals surface area contributed by atoms with Gasteiger partial charge in [-0.2, -0.15) is 0 Å². The first-order valence-electron chi connectivity index (χ1n) is 12.2. The van der Waals surface area contributed by atoms with Gasteiger partial charge in [0.1, 0.15) is 22.9 Å². The highest BCUT2D eigenvalue weighted by molar-refractivity contribution is 6.25. The molecule has 0 bridgehead atoms. The second-order valence-electron chi connectivity index (χ2n) is 10.2. The van der Waals surface area contributed by atoms with Gasteiger partial charge < -0.3 is 37.2 Å². The summed E-state index contributed by atoms with van der Waals surface area (Å²) in [5, 5.41) is 46.0. The predicted octanol–water partition coefficient (Wildman–Crippen LogP) is -0.309. The number of fused-ring (bicyclic) bond motifs is 3. The largest absolute Gasteiger partial charge is 0.510 e. The SMILES string of the molecule is NC(=O)C1=C(O)[C@@H](N)[C@@H]2C[C@@H]3Cc4c(F)cc(NC(=O)CN5CCCC5)c(O)c4C(=O)C3=C(O)[C@]2(O)C1=O. The Hall–Kier alpha value is -3.81. The zero-order valence-corrected chi connectivity index (χ0v) is 20.2. The third kappa shape index (κ3) is 3.61. The summed E-state index contributed by atoms with van der Waals surface area (Å²) in [6, 6.07) is -0.590. The van der Waals surface area contributed by atoms with Crippen molar-refractivity contribution in [2.75, 3.05) is 25.0 Å². The molecule has 3 aliphatic carbocycles. The van der Waals surface area contributed by atoms with Gasteiger partial charge in [0.25, 0.3) is 5.91 Å². The number of anilines is 1. The summed E-state index contributed by atoms with van der Waals surface area (Å²) >= 11 is 0. The standard InChI is InChI=1S/C25H27FN4O8/c26-12-7-13(29-14(31)8-30-3-1-2-4-30)19(32)16-10(12)5-9-6-11-18(27)21(34)17(24(28)37)23(36)25(11,38)22(35)15(9)20(16)33/h7,9,11,18,32,34-35,38H,1-6,8,27H2,(H2,28,37)(H,29,31)/t9-,11-,18-,25-/m0/s1. The van der Waals surface area contributed by atoms with E-state index in [0.717, 1.165) is 32.0 Å². The van der Waals surface area contributed by atoms with E-state index in [1.807, 2.05) is 4.90 Å². The number of halogens is 1. The molecule has 1 aromatic carbocycles. The molecular weight excluding hydrogens is 503 g/mol. The lowest BCUT2D eigenvalue weighted by Gasteiger charge is -2.47. The number of aromatic hydroxyl groups is 1. The average Bonchev–Trinajstić information content (AvgIpc) is 3.35. The van der Waals surface area contributed by atoms with Gasteiger partial charge in [0.15, 0.2) is 17.1 Å². The van der Waals surface area contributed by atoms with Crippen LogP contribution in [0.1, 0.15) is 35.2 Å². The molecule has 1 heterocycles. The van der Waals surface area contributed by atoms with Crippen LogP contribution in [0.15, 0.2) is 28.7 Å². The van der Waals surface area contributed by atoms with Crippen LogP contribution in [0, 0.1) is 17.7 Å². The number of hydrogen-bond donors (Lipinski definition) is 7. The molecule has 0 spiro atoms. The zero-order valence-electron chi connectivity index (χ0n) is 20.2. The van der Waals surface area contributed by atoms with Crippen molar-refractivity contribution in [2.45, 2.75) is 37.3 Å². The average molecular weight is 531 g/mol. The Morgan fingerprint density at radius 1 is 1.18 bits per heavy atom. The molecule has 4 aliphatic rings. The molecule has 0 aromatic heterocycles. The number of hydrogen-bond acceptors (Lipinski definition) is 10. The molecule has 1 aromatic rings. The monoisotopic (exact) mass is 530 g/mol. The maximum atomic E-state index is 15.2. The number of aliphatic hydroxyl groups excluding tert-OH is 2. The lowest BCUT2D eigenvalue weighted by Crippen LogP contribution is -2.63. The van der Waals surface area contributed by atoms with Crippen LogP contribution in [-0.2, 0) is 20.8 Å². The normalized spacial score (nSPS) is 29.2. The Morgan fingerprint density at radius 2 is 1.84 bits per heavy atom. The molecule has 5 rings (SSSR count). The smallest absolute Gasteiger partial charge is 0.255 e. The number of benzene rings is 1. The molecule has 13 heteroatoms. The highest BCUT2D eigenvalue weighted by atomic mass is 19.1. The van der Waals surface area contributed by atoms with Crippen LogP contribution in [0.4, 0.5) is 10.1 Å². The van der Waals surface area contributed by atoms with Crippen molar-refractivity contribution in [3.05, 3.63) is 45.7 Å². The number of ketones is 2. The summed E-state index contributed by atoms with van der Waals surface area (Å²) < 4.78 is 15.2. The number of nitrogens with two attached hydrogens (primary N) is 2. The van der Waals surface area contributed by atoms with Crippen LogP contribution < -0.4 is 16.8 Å². The molecule has 38 heavy (non-hydrogen) atoms. The molecule has 12 nitrogen and oxygen atoms in total. The van der Waals surface area contributed by atoms with E-state index >= 15 is 4.39 Å². The minimum atomic E-state index is -2.86. The number of primary amides is 1. The first kappa shape index (κ1) is 25.8. The van der Waals surface area contributed by atoms with Gasteiger partial charge >= 0.3 is 0 Å². The Balaban J connectivity index is 1.56. The van der Waals surface area contributed by atoms with Crippen molar-refractivity contribution in [1.29, 1.82) is 0 Å². The maximum Gasteiger partial charge on any atom is 0.255 e. The van der Waals surface area contributed by atoms with Gasteiger partial charge in [0.05, 0.1) is 23.8 Å². The number of likely N-dealkylation sites (tertiary alicyclic amines) is 1. The van der Waals surface area contributed by atoms with Crippen LogP contribution in [0.3, 0.4) is 0 Å². The van der Waals surface area contributed by atoms with Gasteiger partial charge in [-0.05, 0) is 44.7 Å². The quantitative estimate of drug-likeness (QED) is 0.199. The summed E-state index contributed by atoms with van der Waals surface area (Å²) in [6.45, 7) is 1.46.